The number of aromatic amines is 1. The summed E-state index contributed by atoms with van der Waals surface area (Å²) in [7, 11) is 0.708. The smallest absolute Gasteiger partial charge is 0.369 e. The lowest BCUT2D eigenvalue weighted by Crippen LogP contribution is -2.53. The van der Waals surface area contributed by atoms with E-state index in [1.54, 1.807) is 4.98 Å². The molecule has 0 fully saturated rings. The van der Waals surface area contributed by atoms with Crippen molar-refractivity contribution in [3.05, 3.63) is 34.5 Å². The van der Waals surface area contributed by atoms with E-state index >= 15 is 0 Å². The van der Waals surface area contributed by atoms with Crippen LogP contribution in [-0.2, 0) is 6.18 Å². The Hall–Kier alpha value is -2.54. The summed E-state index contributed by atoms with van der Waals surface area (Å²) >= 11 is 5.69. The van der Waals surface area contributed by atoms with E-state index in [2.05, 4.69) is 4.98 Å². The number of halogens is 8. The second-order valence-electron chi connectivity index (χ2n) is 5.67. The molecule has 0 saturated heterocycles. The maximum atomic E-state index is 14.5. The number of hydrogen-bond donors (Lipinski definition) is 2. The van der Waals surface area contributed by atoms with Crippen molar-refractivity contribution in [1.82, 2.24) is 14.9 Å². The summed E-state index contributed by atoms with van der Waals surface area (Å²) in [5, 5.41) is 9.47. The van der Waals surface area contributed by atoms with Gasteiger partial charge in [0.15, 0.2) is 12.0 Å². The minimum atomic E-state index is -5.01. The number of benzene rings is 1. The number of aliphatic hydroxyl groups excluding tert-OH is 1. The second-order valence-corrected chi connectivity index (χ2v) is 6.08. The van der Waals surface area contributed by atoms with Gasteiger partial charge >= 0.3 is 18.4 Å². The number of hydrogen-bond acceptors (Lipinski definition) is 3. The van der Waals surface area contributed by atoms with Gasteiger partial charge in [0.05, 0.1) is 10.5 Å². The van der Waals surface area contributed by atoms with Crippen LogP contribution in [0.4, 0.5) is 41.2 Å². The number of anilines is 1. The minimum absolute atomic E-state index is 0.0770. The van der Waals surface area contributed by atoms with Crippen molar-refractivity contribution in [2.45, 2.75) is 18.6 Å². The molecule has 1 aliphatic heterocycles. The number of allylic oxidation sites excluding steroid dienone is 1. The maximum Gasteiger partial charge on any atom is 0.449 e. The number of alkyl halides is 6. The third kappa shape index (κ3) is 3.13. The Labute approximate surface area is 155 Å². The predicted octanol–water partition coefficient (Wildman–Crippen LogP) is 4.01. The molecule has 28 heavy (non-hydrogen) atoms. The topological polar surface area (TPSA) is 72.5 Å². The van der Waals surface area contributed by atoms with Gasteiger partial charge < -0.3 is 10.1 Å². The quantitative estimate of drug-likeness (QED) is 0.669. The van der Waals surface area contributed by atoms with Crippen LogP contribution in [0.2, 0.25) is 5.02 Å². The molecule has 6 nitrogen and oxygen atoms in total. The van der Waals surface area contributed by atoms with Gasteiger partial charge in [0, 0.05) is 7.05 Å². The first-order chi connectivity index (χ1) is 12.7. The first kappa shape index (κ1) is 20.2. The second kappa shape index (κ2) is 6.24. The van der Waals surface area contributed by atoms with E-state index in [0.29, 0.717) is 13.1 Å². The minimum Gasteiger partial charge on any atom is -0.369 e. The van der Waals surface area contributed by atoms with Crippen molar-refractivity contribution in [3.8, 4) is 0 Å². The van der Waals surface area contributed by atoms with Crippen molar-refractivity contribution in [3.63, 3.8) is 0 Å². The molecule has 2 N–H and O–H groups in total. The zero-order valence-electron chi connectivity index (χ0n) is 13.5. The Balaban J connectivity index is 2.25. The first-order valence-corrected chi connectivity index (χ1v) is 7.60. The number of amides is 2. The van der Waals surface area contributed by atoms with Crippen LogP contribution in [0.5, 0.6) is 0 Å². The molecule has 0 spiro atoms. The van der Waals surface area contributed by atoms with E-state index < -0.39 is 63.7 Å². The lowest BCUT2D eigenvalue weighted by Gasteiger charge is -2.37. The Morgan fingerprint density at radius 2 is 1.82 bits per heavy atom. The number of aliphatic hydroxyl groups is 1. The van der Waals surface area contributed by atoms with E-state index in [-0.39, 0.29) is 15.9 Å². The van der Waals surface area contributed by atoms with Gasteiger partial charge in [-0.3, -0.25) is 9.80 Å². The van der Waals surface area contributed by atoms with E-state index in [1.807, 2.05) is 0 Å². The first-order valence-electron chi connectivity index (χ1n) is 7.22. The van der Waals surface area contributed by atoms with Gasteiger partial charge in [-0.25, -0.2) is 14.2 Å². The highest BCUT2D eigenvalue weighted by Gasteiger charge is 2.46. The molecule has 2 amide bonds. The number of fused-ring (bicyclic) bond motifs is 1. The van der Waals surface area contributed by atoms with E-state index in [0.717, 1.165) is 0 Å². The van der Waals surface area contributed by atoms with E-state index in [4.69, 9.17) is 11.6 Å². The summed E-state index contributed by atoms with van der Waals surface area (Å²) in [6.07, 6.45) is -12.1. The van der Waals surface area contributed by atoms with Crippen LogP contribution in [0.25, 0.3) is 11.0 Å². The van der Waals surface area contributed by atoms with Crippen molar-refractivity contribution in [2.24, 2.45) is 0 Å². The number of nitrogens with one attached hydrogen (secondary N) is 1. The molecule has 2 heterocycles. The average Bonchev–Trinajstić information content (AvgIpc) is 2.98. The highest BCUT2D eigenvalue weighted by atomic mass is 35.5. The molecule has 1 atom stereocenters. The number of aromatic nitrogens is 2. The molecule has 1 aromatic heterocycles. The fraction of sp³-hybridized carbons (Fsp3) is 0.286. The van der Waals surface area contributed by atoms with Gasteiger partial charge in [-0.2, -0.15) is 26.3 Å². The molecule has 14 heteroatoms. The molecular formula is C14H8ClF7N4O2. The van der Waals surface area contributed by atoms with E-state index in [9.17, 15) is 40.6 Å². The highest BCUT2D eigenvalue weighted by Crippen LogP contribution is 2.40. The number of carbonyl (C=O) groups is 1. The largest absolute Gasteiger partial charge is 0.449 e. The van der Waals surface area contributed by atoms with Gasteiger partial charge in [0.1, 0.15) is 16.9 Å². The average molecular weight is 433 g/mol. The summed E-state index contributed by atoms with van der Waals surface area (Å²) in [6.45, 7) is 0. The van der Waals surface area contributed by atoms with E-state index in [1.165, 1.54) is 0 Å². The van der Waals surface area contributed by atoms with Crippen LogP contribution in [0.15, 0.2) is 17.8 Å². The Morgan fingerprint density at radius 3 is 2.36 bits per heavy atom. The zero-order chi connectivity index (χ0) is 21.2. The molecule has 1 aromatic carbocycles. The number of rotatable bonds is 1. The number of H-pyrrole nitrogens is 1. The van der Waals surface area contributed by atoms with Crippen LogP contribution in [0, 0.1) is 5.82 Å². The van der Waals surface area contributed by atoms with Crippen LogP contribution < -0.4 is 4.90 Å². The Kier molecular flexibility index (Phi) is 4.50. The van der Waals surface area contributed by atoms with Crippen LogP contribution in [0.1, 0.15) is 5.82 Å². The van der Waals surface area contributed by atoms with Crippen LogP contribution in [0.3, 0.4) is 0 Å². The molecule has 0 saturated carbocycles. The number of carbonyl (C=O) groups excluding carboxylic acids is 1. The monoisotopic (exact) mass is 432 g/mol. The zero-order valence-corrected chi connectivity index (χ0v) is 14.2. The molecule has 152 valence electrons. The predicted molar refractivity (Wildman–Crippen MR) is 81.8 cm³/mol. The Morgan fingerprint density at radius 1 is 1.21 bits per heavy atom. The molecule has 0 bridgehead atoms. The van der Waals surface area contributed by atoms with Crippen LogP contribution >= 0.6 is 11.6 Å². The van der Waals surface area contributed by atoms with Crippen LogP contribution in [-0.4, -0.2) is 45.5 Å². The summed E-state index contributed by atoms with van der Waals surface area (Å²) in [5.41, 5.74) is -3.77. The SMILES string of the molecule is CN1C(=O)N(c2c(F)cc(Cl)c3nc(C(F)(F)F)[nH]c23)C(O)C=C1C(F)(F)F. The third-order valence-corrected chi connectivity index (χ3v) is 4.16. The molecule has 0 aliphatic carbocycles. The fourth-order valence-corrected chi connectivity index (χ4v) is 2.91. The number of nitrogens with zero attached hydrogens (tertiary/aromatic N) is 3. The normalized spacial score (nSPS) is 18.9. The van der Waals surface area contributed by atoms with Crippen molar-refractivity contribution < 1.29 is 40.6 Å². The molecule has 3 rings (SSSR count). The molecule has 2 aromatic rings. The van der Waals surface area contributed by atoms with Gasteiger partial charge in [0.25, 0.3) is 0 Å². The summed E-state index contributed by atoms with van der Waals surface area (Å²) in [6, 6.07) is -1.00. The summed E-state index contributed by atoms with van der Waals surface area (Å²) in [4.78, 5) is 17.6. The summed E-state index contributed by atoms with van der Waals surface area (Å²) < 4.78 is 92.2. The van der Waals surface area contributed by atoms with Gasteiger partial charge in [0.2, 0.25) is 5.82 Å². The third-order valence-electron chi connectivity index (χ3n) is 3.87. The van der Waals surface area contributed by atoms with Crippen molar-refractivity contribution >= 4 is 34.4 Å². The van der Waals surface area contributed by atoms with Crippen molar-refractivity contribution in [2.75, 3.05) is 11.9 Å². The standard InChI is InChI=1S/C14H8ClF7N4O2/c1-25-6(13(17,18)19)3-7(27)26(12(25)28)10-5(16)2-4(15)8-9(10)24-11(23-8)14(20,21)22/h2-3,7,27H,1H3,(H,23,24). The lowest BCUT2D eigenvalue weighted by molar-refractivity contribution is -0.144. The fourth-order valence-electron chi connectivity index (χ4n) is 2.67. The number of urea groups is 1. The molecule has 0 radical (unpaired) electrons. The Bertz CT molecular complexity index is 998. The molecule has 1 unspecified atom stereocenters. The van der Waals surface area contributed by atoms with Gasteiger partial charge in [-0.15, -0.1) is 0 Å². The molecule has 1 aliphatic rings. The van der Waals surface area contributed by atoms with Crippen molar-refractivity contribution in [1.29, 1.82) is 0 Å². The molecular weight excluding hydrogens is 425 g/mol. The van der Waals surface area contributed by atoms with Gasteiger partial charge in [-0.1, -0.05) is 11.6 Å². The number of imidazole rings is 1. The lowest BCUT2D eigenvalue weighted by atomic mass is 10.2. The van der Waals surface area contributed by atoms with Gasteiger partial charge in [-0.05, 0) is 12.1 Å². The highest BCUT2D eigenvalue weighted by molar-refractivity contribution is 6.35. The maximum absolute atomic E-state index is 14.5. The summed E-state index contributed by atoms with van der Waals surface area (Å²) in [5.74, 6) is -2.94.